The quantitative estimate of drug-likeness (QED) is 0.870. The fourth-order valence-corrected chi connectivity index (χ4v) is 5.77. The summed E-state index contributed by atoms with van der Waals surface area (Å²) in [6, 6.07) is 3.45. The second-order valence-electron chi connectivity index (χ2n) is 4.66. The largest absolute Gasteiger partial charge is 0.353 e. The normalized spacial score (nSPS) is 18.1. The molecule has 112 valence electrons. The molecule has 0 spiro atoms. The molecule has 8 heteroatoms. The van der Waals surface area contributed by atoms with Crippen molar-refractivity contribution in [1.82, 2.24) is 9.62 Å². The maximum Gasteiger partial charge on any atom is 0.252 e. The summed E-state index contributed by atoms with van der Waals surface area (Å²) >= 11 is 4.50. The van der Waals surface area contributed by atoms with Gasteiger partial charge < -0.3 is 5.32 Å². The standard InChI is InChI=1S/C12H17BrN2O3S2/c1-2-11(16)14-9-5-7-15(8-6-9)20(17,18)12-4-3-10(13)19-12/h3-4,9H,2,5-8H2,1H3,(H,14,16). The highest BCUT2D eigenvalue weighted by Crippen LogP contribution is 2.29. The number of carbonyl (C=O) groups excluding carboxylic acids is 1. The summed E-state index contributed by atoms with van der Waals surface area (Å²) in [6.45, 7) is 2.71. The van der Waals surface area contributed by atoms with Gasteiger partial charge in [-0.2, -0.15) is 4.31 Å². The van der Waals surface area contributed by atoms with E-state index in [4.69, 9.17) is 0 Å². The molecule has 0 aromatic carbocycles. The van der Waals surface area contributed by atoms with Gasteiger partial charge >= 0.3 is 0 Å². The van der Waals surface area contributed by atoms with Gasteiger partial charge in [-0.3, -0.25) is 4.79 Å². The molecule has 0 bridgehead atoms. The molecular weight excluding hydrogens is 364 g/mol. The van der Waals surface area contributed by atoms with Crippen LogP contribution in [0.1, 0.15) is 26.2 Å². The van der Waals surface area contributed by atoms with Gasteiger partial charge in [0.25, 0.3) is 10.0 Å². The van der Waals surface area contributed by atoms with Crippen LogP contribution in [-0.4, -0.2) is 37.8 Å². The molecule has 5 nitrogen and oxygen atoms in total. The summed E-state index contributed by atoms with van der Waals surface area (Å²) in [5.74, 6) is 0.0218. The average Bonchev–Trinajstić information content (AvgIpc) is 2.86. The molecule has 0 saturated carbocycles. The number of nitrogens with zero attached hydrogens (tertiary/aromatic N) is 1. The Kier molecular flexibility index (Phi) is 5.22. The Bertz CT molecular complexity index is 577. The molecule has 1 aliphatic rings. The van der Waals surface area contributed by atoms with Gasteiger partial charge in [0.15, 0.2) is 0 Å². The van der Waals surface area contributed by atoms with Crippen LogP contribution in [0.2, 0.25) is 0 Å². The number of halogens is 1. The number of nitrogens with one attached hydrogen (secondary N) is 1. The van der Waals surface area contributed by atoms with Crippen molar-refractivity contribution in [3.63, 3.8) is 0 Å². The van der Waals surface area contributed by atoms with E-state index in [9.17, 15) is 13.2 Å². The second kappa shape index (κ2) is 6.55. The van der Waals surface area contributed by atoms with Crippen molar-refractivity contribution >= 4 is 43.2 Å². The third-order valence-corrected chi connectivity index (χ3v) is 7.27. The van der Waals surface area contributed by atoms with E-state index in [1.165, 1.54) is 15.6 Å². The van der Waals surface area contributed by atoms with Crippen LogP contribution < -0.4 is 5.32 Å². The monoisotopic (exact) mass is 380 g/mol. The van der Waals surface area contributed by atoms with E-state index in [0.717, 1.165) is 3.79 Å². The average molecular weight is 381 g/mol. The fourth-order valence-electron chi connectivity index (χ4n) is 2.13. The van der Waals surface area contributed by atoms with E-state index in [1.54, 1.807) is 12.1 Å². The van der Waals surface area contributed by atoms with E-state index < -0.39 is 10.0 Å². The highest BCUT2D eigenvalue weighted by Gasteiger charge is 2.30. The zero-order valence-electron chi connectivity index (χ0n) is 11.1. The summed E-state index contributed by atoms with van der Waals surface area (Å²) < 4.78 is 27.5. The molecule has 1 aromatic rings. The van der Waals surface area contributed by atoms with Gasteiger partial charge in [0.2, 0.25) is 5.91 Å². The van der Waals surface area contributed by atoms with Crippen LogP contribution in [0, 0.1) is 0 Å². The lowest BCUT2D eigenvalue weighted by atomic mass is 10.1. The zero-order chi connectivity index (χ0) is 14.8. The highest BCUT2D eigenvalue weighted by molar-refractivity contribution is 9.11. The van der Waals surface area contributed by atoms with E-state index >= 15 is 0 Å². The van der Waals surface area contributed by atoms with Crippen molar-refractivity contribution in [2.75, 3.05) is 13.1 Å². The molecule has 1 amide bonds. The number of amides is 1. The van der Waals surface area contributed by atoms with Crippen LogP contribution in [0.5, 0.6) is 0 Å². The number of thiophene rings is 1. The Hall–Kier alpha value is -0.440. The summed E-state index contributed by atoms with van der Waals surface area (Å²) in [6.07, 6.45) is 1.79. The predicted molar refractivity (Wildman–Crippen MR) is 82.2 cm³/mol. The maximum absolute atomic E-state index is 12.4. The first kappa shape index (κ1) is 15.9. The lowest BCUT2D eigenvalue weighted by molar-refractivity contribution is -0.121. The molecule has 0 aliphatic carbocycles. The van der Waals surface area contributed by atoms with Gasteiger partial charge in [0.05, 0.1) is 3.79 Å². The molecule has 0 radical (unpaired) electrons. The Morgan fingerprint density at radius 3 is 2.60 bits per heavy atom. The van der Waals surface area contributed by atoms with Gasteiger partial charge in [-0.25, -0.2) is 8.42 Å². The van der Waals surface area contributed by atoms with Crippen LogP contribution in [0.4, 0.5) is 0 Å². The summed E-state index contributed by atoms with van der Waals surface area (Å²) in [4.78, 5) is 11.3. The number of rotatable bonds is 4. The van der Waals surface area contributed by atoms with Crippen molar-refractivity contribution in [3.05, 3.63) is 15.9 Å². The predicted octanol–water partition coefficient (Wildman–Crippen LogP) is 2.19. The number of hydrogen-bond donors (Lipinski definition) is 1. The molecule has 0 unspecified atom stereocenters. The van der Waals surface area contributed by atoms with Crippen molar-refractivity contribution in [1.29, 1.82) is 0 Å². The van der Waals surface area contributed by atoms with Gasteiger partial charge in [0.1, 0.15) is 4.21 Å². The summed E-state index contributed by atoms with van der Waals surface area (Å²) in [5.41, 5.74) is 0. The van der Waals surface area contributed by atoms with Crippen molar-refractivity contribution < 1.29 is 13.2 Å². The summed E-state index contributed by atoms with van der Waals surface area (Å²) in [7, 11) is -3.39. The minimum atomic E-state index is -3.39. The van der Waals surface area contributed by atoms with E-state index in [1.807, 2.05) is 6.92 Å². The third-order valence-electron chi connectivity index (χ3n) is 3.28. The third kappa shape index (κ3) is 3.60. The van der Waals surface area contributed by atoms with Crippen molar-refractivity contribution in [2.45, 2.75) is 36.4 Å². The SMILES string of the molecule is CCC(=O)NC1CCN(S(=O)(=O)c2ccc(Br)s2)CC1. The molecular formula is C12H17BrN2O3S2. The molecule has 0 atom stereocenters. The lowest BCUT2D eigenvalue weighted by Crippen LogP contribution is -2.46. The van der Waals surface area contributed by atoms with Crippen molar-refractivity contribution in [3.8, 4) is 0 Å². The lowest BCUT2D eigenvalue weighted by Gasteiger charge is -2.31. The molecule has 1 aromatic heterocycles. The van der Waals surface area contributed by atoms with Crippen LogP contribution in [0.15, 0.2) is 20.1 Å². The van der Waals surface area contributed by atoms with E-state index in [-0.39, 0.29) is 11.9 Å². The number of piperidine rings is 1. The molecule has 1 saturated heterocycles. The van der Waals surface area contributed by atoms with Gasteiger partial charge in [-0.15, -0.1) is 11.3 Å². The smallest absolute Gasteiger partial charge is 0.252 e. The Labute approximate surface area is 131 Å². The van der Waals surface area contributed by atoms with Crippen LogP contribution >= 0.6 is 27.3 Å². The first-order chi connectivity index (χ1) is 9.43. The maximum atomic E-state index is 12.4. The van der Waals surface area contributed by atoms with Crippen LogP contribution in [-0.2, 0) is 14.8 Å². The molecule has 2 rings (SSSR count). The van der Waals surface area contributed by atoms with Gasteiger partial charge in [0, 0.05) is 25.6 Å². The van der Waals surface area contributed by atoms with Crippen molar-refractivity contribution in [2.24, 2.45) is 0 Å². The Morgan fingerprint density at radius 1 is 1.45 bits per heavy atom. The minimum absolute atomic E-state index is 0.0218. The number of hydrogen-bond acceptors (Lipinski definition) is 4. The molecule has 1 aliphatic heterocycles. The zero-order valence-corrected chi connectivity index (χ0v) is 14.4. The van der Waals surface area contributed by atoms with E-state index in [2.05, 4.69) is 21.2 Å². The molecule has 2 heterocycles. The van der Waals surface area contributed by atoms with E-state index in [0.29, 0.717) is 36.6 Å². The Balaban J connectivity index is 1.98. The highest BCUT2D eigenvalue weighted by atomic mass is 79.9. The van der Waals surface area contributed by atoms with Crippen LogP contribution in [0.3, 0.4) is 0 Å². The first-order valence-corrected chi connectivity index (χ1v) is 9.53. The topological polar surface area (TPSA) is 66.5 Å². The first-order valence-electron chi connectivity index (χ1n) is 6.48. The molecule has 1 fully saturated rings. The van der Waals surface area contributed by atoms with Gasteiger partial charge in [-0.05, 0) is 40.9 Å². The van der Waals surface area contributed by atoms with Crippen LogP contribution in [0.25, 0.3) is 0 Å². The summed E-state index contributed by atoms with van der Waals surface area (Å²) in [5, 5.41) is 2.92. The molecule has 20 heavy (non-hydrogen) atoms. The van der Waals surface area contributed by atoms with Gasteiger partial charge in [-0.1, -0.05) is 6.92 Å². The number of carbonyl (C=O) groups is 1. The second-order valence-corrected chi connectivity index (χ2v) is 9.29. The Morgan fingerprint density at radius 2 is 2.10 bits per heavy atom. The molecule has 1 N–H and O–H groups in total. The number of sulfonamides is 1. The fraction of sp³-hybridized carbons (Fsp3) is 0.583. The minimum Gasteiger partial charge on any atom is -0.353 e.